The Hall–Kier alpha value is -1.75. The number of aliphatic hydroxyl groups is 2. The maximum atomic E-state index is 13.4. The molecule has 0 saturated heterocycles. The first kappa shape index (κ1) is 20.6. The highest BCUT2D eigenvalue weighted by molar-refractivity contribution is 6.32. The zero-order valence-electron chi connectivity index (χ0n) is 16.8. The molecule has 144 valence electrons. The van der Waals surface area contributed by atoms with E-state index in [9.17, 15) is 24.6 Å². The van der Waals surface area contributed by atoms with Gasteiger partial charge < -0.3 is 10.2 Å². The molecule has 0 amide bonds. The van der Waals surface area contributed by atoms with Crippen molar-refractivity contribution in [1.82, 2.24) is 0 Å². The van der Waals surface area contributed by atoms with Gasteiger partial charge in [-0.05, 0) is 47.5 Å². The number of allylic oxidation sites excluding steroid dienone is 4. The normalized spacial score (nSPS) is 31.7. The minimum Gasteiger partial charge on any atom is -0.510 e. The molecule has 0 aromatic rings. The van der Waals surface area contributed by atoms with Gasteiger partial charge in [-0.25, -0.2) is 0 Å². The lowest BCUT2D eigenvalue weighted by molar-refractivity contribution is -0.147. The molecule has 0 unspecified atom stereocenters. The lowest BCUT2D eigenvalue weighted by atomic mass is 9.62. The largest absolute Gasteiger partial charge is 0.510 e. The van der Waals surface area contributed by atoms with Crippen LogP contribution in [0, 0.1) is 22.7 Å². The van der Waals surface area contributed by atoms with Crippen LogP contribution in [0.5, 0.6) is 0 Å². The van der Waals surface area contributed by atoms with Crippen molar-refractivity contribution >= 4 is 17.3 Å². The summed E-state index contributed by atoms with van der Waals surface area (Å²) in [4.78, 5) is 39.3. The van der Waals surface area contributed by atoms with E-state index in [0.717, 1.165) is 5.57 Å². The van der Waals surface area contributed by atoms with Crippen molar-refractivity contribution < 1.29 is 24.6 Å². The number of hydrogen-bond acceptors (Lipinski definition) is 5. The van der Waals surface area contributed by atoms with Crippen LogP contribution in [0.1, 0.15) is 61.3 Å². The van der Waals surface area contributed by atoms with Gasteiger partial charge in [-0.3, -0.25) is 14.4 Å². The smallest absolute Gasteiger partial charge is 0.183 e. The van der Waals surface area contributed by atoms with E-state index in [1.807, 2.05) is 19.9 Å². The molecule has 1 saturated carbocycles. The van der Waals surface area contributed by atoms with Crippen molar-refractivity contribution in [3.63, 3.8) is 0 Å². The van der Waals surface area contributed by atoms with Crippen molar-refractivity contribution in [2.24, 2.45) is 22.7 Å². The summed E-state index contributed by atoms with van der Waals surface area (Å²) in [7, 11) is 0. The average Bonchev–Trinajstić information content (AvgIpc) is 2.71. The van der Waals surface area contributed by atoms with Crippen LogP contribution in [0.2, 0.25) is 0 Å². The molecule has 26 heavy (non-hydrogen) atoms. The summed E-state index contributed by atoms with van der Waals surface area (Å²) >= 11 is 0. The summed E-state index contributed by atoms with van der Waals surface area (Å²) in [6, 6.07) is 0. The maximum absolute atomic E-state index is 13.4. The van der Waals surface area contributed by atoms with E-state index < -0.39 is 51.4 Å². The van der Waals surface area contributed by atoms with Crippen LogP contribution in [0.15, 0.2) is 23.0 Å². The molecule has 5 nitrogen and oxygen atoms in total. The predicted molar refractivity (Wildman–Crippen MR) is 98.5 cm³/mol. The van der Waals surface area contributed by atoms with E-state index in [2.05, 4.69) is 0 Å². The Kier molecular flexibility index (Phi) is 4.87. The van der Waals surface area contributed by atoms with Crippen LogP contribution in [0.3, 0.4) is 0 Å². The zero-order valence-corrected chi connectivity index (χ0v) is 16.8. The van der Waals surface area contributed by atoms with Crippen molar-refractivity contribution in [3.05, 3.63) is 23.0 Å². The lowest BCUT2D eigenvalue weighted by Crippen LogP contribution is -2.52. The number of hydrogen-bond donors (Lipinski definition) is 2. The number of aliphatic hydroxyl groups excluding tert-OH is 1. The quantitative estimate of drug-likeness (QED) is 0.445. The first-order valence-corrected chi connectivity index (χ1v) is 9.14. The fourth-order valence-electron chi connectivity index (χ4n) is 4.50. The number of fused-ring (bicyclic) bond motifs is 2. The van der Waals surface area contributed by atoms with Crippen molar-refractivity contribution in [2.45, 2.75) is 66.9 Å². The number of ketones is 3. The molecule has 1 fully saturated rings. The first-order chi connectivity index (χ1) is 11.7. The van der Waals surface area contributed by atoms with Gasteiger partial charge in [0, 0.05) is 11.8 Å². The van der Waals surface area contributed by atoms with Gasteiger partial charge in [0.15, 0.2) is 17.3 Å². The van der Waals surface area contributed by atoms with E-state index in [4.69, 9.17) is 0 Å². The SMILES string of the molecule is CC(C)=CC[C@]12C[C@H](C(C)(C)O)[C@](C)(C(=O)C(C(=O)C(C)C)=C1O)C2=O. The molecule has 0 aromatic carbocycles. The Balaban J connectivity index is 2.80. The van der Waals surface area contributed by atoms with Crippen LogP contribution in [0.25, 0.3) is 0 Å². The molecule has 5 heteroatoms. The molecule has 0 heterocycles. The van der Waals surface area contributed by atoms with E-state index in [1.165, 1.54) is 6.92 Å². The van der Waals surface area contributed by atoms with Crippen LogP contribution in [-0.4, -0.2) is 33.2 Å². The monoisotopic (exact) mass is 362 g/mol. The van der Waals surface area contributed by atoms with Crippen LogP contribution < -0.4 is 0 Å². The van der Waals surface area contributed by atoms with Gasteiger partial charge in [-0.15, -0.1) is 0 Å². The lowest BCUT2D eigenvalue weighted by Gasteiger charge is -2.38. The van der Waals surface area contributed by atoms with Gasteiger partial charge in [0.1, 0.15) is 11.3 Å². The third-order valence-corrected chi connectivity index (χ3v) is 6.03. The molecule has 0 aliphatic heterocycles. The van der Waals surface area contributed by atoms with Gasteiger partial charge in [-0.1, -0.05) is 25.5 Å². The van der Waals surface area contributed by atoms with Crippen molar-refractivity contribution in [3.8, 4) is 0 Å². The van der Waals surface area contributed by atoms with E-state index in [1.54, 1.807) is 27.7 Å². The Morgan fingerprint density at radius 1 is 1.31 bits per heavy atom. The standard InChI is InChI=1S/C21H30O5/c1-11(2)8-9-21-10-13(19(5,6)26)20(7,18(21)25)16(23)14(17(21)24)15(22)12(3)4/h8,12-13,24,26H,9-10H2,1-7H3/t13-,20-,21+/m1/s1. The van der Waals surface area contributed by atoms with E-state index >= 15 is 0 Å². The maximum Gasteiger partial charge on any atom is 0.183 e. The number of carbonyl (C=O) groups excluding carboxylic acids is 3. The van der Waals surface area contributed by atoms with E-state index in [0.29, 0.717) is 0 Å². The molecular formula is C21H30O5. The predicted octanol–water partition coefficient (Wildman–Crippen LogP) is 3.32. The Bertz CT molecular complexity index is 730. The molecule has 2 aliphatic rings. The summed E-state index contributed by atoms with van der Waals surface area (Å²) in [6.07, 6.45) is 2.20. The highest BCUT2D eigenvalue weighted by atomic mass is 16.3. The third-order valence-electron chi connectivity index (χ3n) is 6.03. The Morgan fingerprint density at radius 2 is 1.85 bits per heavy atom. The highest BCUT2D eigenvalue weighted by Crippen LogP contribution is 2.62. The molecule has 0 radical (unpaired) electrons. The molecule has 3 atom stereocenters. The zero-order chi connectivity index (χ0) is 20.2. The second-order valence-corrected chi connectivity index (χ2v) is 9.08. The van der Waals surface area contributed by atoms with Crippen LogP contribution >= 0.6 is 0 Å². The van der Waals surface area contributed by atoms with Crippen LogP contribution in [-0.2, 0) is 14.4 Å². The molecule has 2 bridgehead atoms. The van der Waals surface area contributed by atoms with E-state index in [-0.39, 0.29) is 18.4 Å². The summed E-state index contributed by atoms with van der Waals surface area (Å²) in [5.41, 5.74) is -3.42. The number of Topliss-reactive ketones (excluding diaryl/α,β-unsaturated/α-hetero) is 3. The van der Waals surface area contributed by atoms with Crippen molar-refractivity contribution in [2.75, 3.05) is 0 Å². The van der Waals surface area contributed by atoms with Gasteiger partial charge in [0.25, 0.3) is 0 Å². The molecule has 2 N–H and O–H groups in total. The summed E-state index contributed by atoms with van der Waals surface area (Å²) in [5, 5.41) is 21.7. The topological polar surface area (TPSA) is 91.7 Å². The van der Waals surface area contributed by atoms with Gasteiger partial charge in [0.2, 0.25) is 0 Å². The van der Waals surface area contributed by atoms with Gasteiger partial charge >= 0.3 is 0 Å². The number of carbonyl (C=O) groups is 3. The molecular weight excluding hydrogens is 332 g/mol. The molecule has 0 aromatic heterocycles. The van der Waals surface area contributed by atoms with Gasteiger partial charge in [0.05, 0.1) is 16.4 Å². The average molecular weight is 362 g/mol. The highest BCUT2D eigenvalue weighted by Gasteiger charge is 2.71. The second kappa shape index (κ2) is 6.15. The summed E-state index contributed by atoms with van der Waals surface area (Å²) in [6.45, 7) is 11.7. The number of rotatable bonds is 5. The second-order valence-electron chi connectivity index (χ2n) is 9.08. The summed E-state index contributed by atoms with van der Waals surface area (Å²) < 4.78 is 0. The molecule has 2 rings (SSSR count). The molecule has 2 aliphatic carbocycles. The Morgan fingerprint density at radius 3 is 2.27 bits per heavy atom. The minimum atomic E-state index is -1.51. The fourth-order valence-corrected chi connectivity index (χ4v) is 4.50. The Labute approximate surface area is 155 Å². The fraction of sp³-hybridized carbons (Fsp3) is 0.667. The summed E-state index contributed by atoms with van der Waals surface area (Å²) in [5.74, 6) is -3.07. The first-order valence-electron chi connectivity index (χ1n) is 9.14. The minimum absolute atomic E-state index is 0.141. The van der Waals surface area contributed by atoms with Crippen molar-refractivity contribution in [1.29, 1.82) is 0 Å². The molecule has 0 spiro atoms. The van der Waals surface area contributed by atoms with Crippen LogP contribution in [0.4, 0.5) is 0 Å². The third kappa shape index (κ3) is 2.68. The van der Waals surface area contributed by atoms with Gasteiger partial charge in [-0.2, -0.15) is 0 Å².